The largest absolute Gasteiger partial charge is 0.397 e. The van der Waals surface area contributed by atoms with Crippen molar-refractivity contribution in [2.75, 3.05) is 10.6 Å². The summed E-state index contributed by atoms with van der Waals surface area (Å²) >= 11 is 1.75. The lowest BCUT2D eigenvalue weighted by molar-refractivity contribution is 0.778. The molecule has 3 nitrogen and oxygen atoms in total. The normalized spacial score (nSPS) is 14.7. The maximum absolute atomic E-state index is 5.84. The van der Waals surface area contributed by atoms with Crippen molar-refractivity contribution in [3.63, 3.8) is 0 Å². The van der Waals surface area contributed by atoms with Gasteiger partial charge < -0.3 is 10.6 Å². The molecule has 2 heterocycles. The van der Waals surface area contributed by atoms with E-state index in [0.29, 0.717) is 6.04 Å². The van der Waals surface area contributed by atoms with Crippen LogP contribution in [0.1, 0.15) is 24.1 Å². The molecule has 2 aromatic rings. The van der Waals surface area contributed by atoms with Crippen molar-refractivity contribution >= 4 is 22.8 Å². The smallest absolute Gasteiger partial charge is 0.129 e. The highest BCUT2D eigenvalue weighted by atomic mass is 32.1. The first-order chi connectivity index (χ1) is 8.74. The molecule has 0 saturated heterocycles. The van der Waals surface area contributed by atoms with Crippen molar-refractivity contribution in [3.8, 4) is 0 Å². The highest BCUT2D eigenvalue weighted by Gasteiger charge is 2.30. The standard InChI is InChI=1S/C14H17N3S/c1-10-13(15)4-5-14(16-10)17(12-2-3-12)8-11-6-7-18-9-11/h4-7,9,12H,2-3,8,15H2,1H3. The molecule has 94 valence electrons. The first-order valence-electron chi connectivity index (χ1n) is 6.25. The van der Waals surface area contributed by atoms with Gasteiger partial charge in [0.25, 0.3) is 0 Å². The molecule has 0 aliphatic heterocycles. The van der Waals surface area contributed by atoms with Crippen LogP contribution in [0, 0.1) is 6.92 Å². The Bertz CT molecular complexity index is 532. The van der Waals surface area contributed by atoms with Crippen molar-refractivity contribution in [1.29, 1.82) is 0 Å². The molecule has 0 radical (unpaired) electrons. The highest BCUT2D eigenvalue weighted by Crippen LogP contribution is 2.33. The number of nitrogens with zero attached hydrogens (tertiary/aromatic N) is 2. The van der Waals surface area contributed by atoms with Crippen LogP contribution >= 0.6 is 11.3 Å². The number of aromatic nitrogens is 1. The zero-order valence-corrected chi connectivity index (χ0v) is 11.3. The number of hydrogen-bond donors (Lipinski definition) is 1. The molecule has 18 heavy (non-hydrogen) atoms. The maximum Gasteiger partial charge on any atom is 0.129 e. The average Bonchev–Trinajstić information content (AvgIpc) is 3.07. The summed E-state index contributed by atoms with van der Waals surface area (Å²) in [6.07, 6.45) is 2.55. The molecule has 0 bridgehead atoms. The third-order valence-electron chi connectivity index (χ3n) is 3.33. The summed E-state index contributed by atoms with van der Waals surface area (Å²) in [5.74, 6) is 1.05. The summed E-state index contributed by atoms with van der Waals surface area (Å²) in [5, 5.41) is 4.33. The lowest BCUT2D eigenvalue weighted by Gasteiger charge is -2.23. The van der Waals surface area contributed by atoms with Crippen molar-refractivity contribution in [2.45, 2.75) is 32.4 Å². The van der Waals surface area contributed by atoms with Crippen LogP contribution in [-0.4, -0.2) is 11.0 Å². The molecule has 0 aromatic carbocycles. The Balaban J connectivity index is 1.86. The molecule has 0 amide bonds. The van der Waals surface area contributed by atoms with Crippen molar-refractivity contribution < 1.29 is 0 Å². The minimum atomic E-state index is 0.653. The van der Waals surface area contributed by atoms with Gasteiger partial charge in [0.1, 0.15) is 5.82 Å². The predicted octanol–water partition coefficient (Wildman–Crippen LogP) is 3.20. The molecule has 1 saturated carbocycles. The molecule has 4 heteroatoms. The van der Waals surface area contributed by atoms with Crippen LogP contribution < -0.4 is 10.6 Å². The van der Waals surface area contributed by atoms with Crippen LogP contribution in [0.4, 0.5) is 11.5 Å². The molecule has 2 N–H and O–H groups in total. The van der Waals surface area contributed by atoms with E-state index >= 15 is 0 Å². The van der Waals surface area contributed by atoms with Crippen LogP contribution in [0.2, 0.25) is 0 Å². The van der Waals surface area contributed by atoms with Gasteiger partial charge in [0.2, 0.25) is 0 Å². The summed E-state index contributed by atoms with van der Waals surface area (Å²) in [6.45, 7) is 2.92. The SMILES string of the molecule is Cc1nc(N(Cc2ccsc2)C2CC2)ccc1N. The molecule has 1 fully saturated rings. The van der Waals surface area contributed by atoms with Gasteiger partial charge in [-0.05, 0) is 54.3 Å². The van der Waals surface area contributed by atoms with Crippen LogP contribution in [-0.2, 0) is 6.54 Å². The third kappa shape index (κ3) is 2.34. The third-order valence-corrected chi connectivity index (χ3v) is 4.06. The fraction of sp³-hybridized carbons (Fsp3) is 0.357. The zero-order valence-electron chi connectivity index (χ0n) is 10.5. The Kier molecular flexibility index (Phi) is 2.96. The van der Waals surface area contributed by atoms with Crippen molar-refractivity contribution in [2.24, 2.45) is 0 Å². The molecular formula is C14H17N3S. The molecular weight excluding hydrogens is 242 g/mol. The summed E-state index contributed by atoms with van der Waals surface area (Å²) in [5.41, 5.74) is 8.89. The quantitative estimate of drug-likeness (QED) is 0.916. The van der Waals surface area contributed by atoms with E-state index in [1.165, 1.54) is 18.4 Å². The fourth-order valence-corrected chi connectivity index (χ4v) is 2.74. The predicted molar refractivity (Wildman–Crippen MR) is 76.9 cm³/mol. The minimum Gasteiger partial charge on any atom is -0.397 e. The minimum absolute atomic E-state index is 0.653. The lowest BCUT2D eigenvalue weighted by Crippen LogP contribution is -2.26. The van der Waals surface area contributed by atoms with E-state index in [1.54, 1.807) is 11.3 Å². The molecule has 0 spiro atoms. The van der Waals surface area contributed by atoms with E-state index in [1.807, 2.05) is 19.1 Å². The first-order valence-corrected chi connectivity index (χ1v) is 7.19. The molecule has 3 rings (SSSR count). The van der Waals surface area contributed by atoms with E-state index in [0.717, 1.165) is 23.7 Å². The second kappa shape index (κ2) is 4.61. The van der Waals surface area contributed by atoms with Crippen LogP contribution in [0.25, 0.3) is 0 Å². The number of nitrogens with two attached hydrogens (primary N) is 1. The van der Waals surface area contributed by atoms with Crippen LogP contribution in [0.15, 0.2) is 29.0 Å². The van der Waals surface area contributed by atoms with Gasteiger partial charge in [-0.25, -0.2) is 4.98 Å². The number of anilines is 2. The Hall–Kier alpha value is -1.55. The van der Waals surface area contributed by atoms with Gasteiger partial charge in [0.15, 0.2) is 0 Å². The number of thiophene rings is 1. The summed E-state index contributed by atoms with van der Waals surface area (Å²) in [6, 6.07) is 6.83. The lowest BCUT2D eigenvalue weighted by atomic mass is 10.2. The van der Waals surface area contributed by atoms with Crippen LogP contribution in [0.3, 0.4) is 0 Å². The van der Waals surface area contributed by atoms with Crippen LogP contribution in [0.5, 0.6) is 0 Å². The Morgan fingerprint density at radius 1 is 1.39 bits per heavy atom. The number of pyridine rings is 1. The number of rotatable bonds is 4. The molecule has 2 aromatic heterocycles. The number of nitrogen functional groups attached to an aromatic ring is 1. The zero-order chi connectivity index (χ0) is 12.5. The van der Waals surface area contributed by atoms with Gasteiger partial charge in [-0.15, -0.1) is 0 Å². The Morgan fingerprint density at radius 2 is 2.22 bits per heavy atom. The van der Waals surface area contributed by atoms with E-state index in [4.69, 9.17) is 5.73 Å². The second-order valence-corrected chi connectivity index (χ2v) is 5.61. The molecule has 1 aliphatic rings. The topological polar surface area (TPSA) is 42.2 Å². The molecule has 0 atom stereocenters. The monoisotopic (exact) mass is 259 g/mol. The second-order valence-electron chi connectivity index (χ2n) is 4.83. The molecule has 1 aliphatic carbocycles. The summed E-state index contributed by atoms with van der Waals surface area (Å²) in [4.78, 5) is 7.02. The Labute approximate surface area is 111 Å². The van der Waals surface area contributed by atoms with Gasteiger partial charge in [-0.1, -0.05) is 0 Å². The van der Waals surface area contributed by atoms with Crippen molar-refractivity contribution in [1.82, 2.24) is 4.98 Å². The van der Waals surface area contributed by atoms with E-state index < -0.39 is 0 Å². The van der Waals surface area contributed by atoms with E-state index in [9.17, 15) is 0 Å². The summed E-state index contributed by atoms with van der Waals surface area (Å²) < 4.78 is 0. The Morgan fingerprint density at radius 3 is 2.83 bits per heavy atom. The van der Waals surface area contributed by atoms with E-state index in [-0.39, 0.29) is 0 Å². The van der Waals surface area contributed by atoms with Gasteiger partial charge in [0.05, 0.1) is 11.4 Å². The van der Waals surface area contributed by atoms with Gasteiger partial charge in [-0.3, -0.25) is 0 Å². The number of aryl methyl sites for hydroxylation is 1. The fourth-order valence-electron chi connectivity index (χ4n) is 2.08. The molecule has 0 unspecified atom stereocenters. The maximum atomic E-state index is 5.84. The summed E-state index contributed by atoms with van der Waals surface area (Å²) in [7, 11) is 0. The van der Waals surface area contributed by atoms with E-state index in [2.05, 4.69) is 26.7 Å². The van der Waals surface area contributed by atoms with Crippen molar-refractivity contribution in [3.05, 3.63) is 40.2 Å². The van der Waals surface area contributed by atoms with Gasteiger partial charge in [-0.2, -0.15) is 11.3 Å². The van der Waals surface area contributed by atoms with Gasteiger partial charge >= 0.3 is 0 Å². The first kappa shape index (κ1) is 11.5. The van der Waals surface area contributed by atoms with Gasteiger partial charge in [0, 0.05) is 12.6 Å². The highest BCUT2D eigenvalue weighted by molar-refractivity contribution is 7.07. The number of hydrogen-bond acceptors (Lipinski definition) is 4. The average molecular weight is 259 g/mol.